The lowest BCUT2D eigenvalue weighted by molar-refractivity contribution is -0.142. The quantitative estimate of drug-likeness (QED) is 0.886. The molecule has 2 aromatic carbocycles. The van der Waals surface area contributed by atoms with Crippen molar-refractivity contribution in [3.05, 3.63) is 66.0 Å². The van der Waals surface area contributed by atoms with E-state index >= 15 is 0 Å². The highest BCUT2D eigenvalue weighted by molar-refractivity contribution is 5.84. The number of carboxylic acids is 1. The molecular weight excluding hydrogens is 245 g/mol. The van der Waals surface area contributed by atoms with Crippen molar-refractivity contribution in [1.29, 1.82) is 0 Å². The highest BCUT2D eigenvalue weighted by Crippen LogP contribution is 2.26. The van der Waals surface area contributed by atoms with Crippen molar-refractivity contribution in [2.75, 3.05) is 5.32 Å². The third-order valence-electron chi connectivity index (χ3n) is 3.02. The van der Waals surface area contributed by atoms with Crippen LogP contribution in [0.4, 0.5) is 10.1 Å². The van der Waals surface area contributed by atoms with E-state index in [0.29, 0.717) is 11.3 Å². The minimum absolute atomic E-state index is 0.392. The fourth-order valence-electron chi connectivity index (χ4n) is 1.84. The Hall–Kier alpha value is -2.36. The molecule has 3 nitrogen and oxygen atoms in total. The van der Waals surface area contributed by atoms with Crippen molar-refractivity contribution in [3.63, 3.8) is 0 Å². The fourth-order valence-corrected chi connectivity index (χ4v) is 1.84. The largest absolute Gasteiger partial charge is 0.479 e. The van der Waals surface area contributed by atoms with Gasteiger partial charge in [-0.05, 0) is 36.8 Å². The first-order chi connectivity index (χ1) is 9.02. The molecule has 0 spiro atoms. The van der Waals surface area contributed by atoms with Gasteiger partial charge in [-0.25, -0.2) is 9.18 Å². The maximum Gasteiger partial charge on any atom is 0.333 e. The number of aliphatic carboxylic acids is 1. The Kier molecular flexibility index (Phi) is 3.51. The van der Waals surface area contributed by atoms with Crippen molar-refractivity contribution >= 4 is 11.7 Å². The maximum absolute atomic E-state index is 12.9. The predicted molar refractivity (Wildman–Crippen MR) is 71.5 cm³/mol. The Labute approximate surface area is 110 Å². The summed E-state index contributed by atoms with van der Waals surface area (Å²) in [6, 6.07) is 14.5. The lowest BCUT2D eigenvalue weighted by atomic mass is 9.91. The molecule has 0 bridgehead atoms. The van der Waals surface area contributed by atoms with Crippen molar-refractivity contribution in [3.8, 4) is 0 Å². The summed E-state index contributed by atoms with van der Waals surface area (Å²) in [5, 5.41) is 12.4. The second-order valence-electron chi connectivity index (χ2n) is 4.43. The minimum Gasteiger partial charge on any atom is -0.479 e. The molecule has 4 heteroatoms. The van der Waals surface area contributed by atoms with E-state index in [9.17, 15) is 14.3 Å². The summed E-state index contributed by atoms with van der Waals surface area (Å²) in [7, 11) is 0. The van der Waals surface area contributed by atoms with Crippen LogP contribution in [-0.2, 0) is 10.3 Å². The molecule has 0 saturated heterocycles. The van der Waals surface area contributed by atoms with Crippen molar-refractivity contribution in [1.82, 2.24) is 0 Å². The monoisotopic (exact) mass is 259 g/mol. The number of hydrogen-bond donors (Lipinski definition) is 2. The zero-order valence-corrected chi connectivity index (χ0v) is 10.4. The lowest BCUT2D eigenvalue weighted by Crippen LogP contribution is -2.40. The molecule has 0 aliphatic rings. The van der Waals surface area contributed by atoms with Gasteiger partial charge < -0.3 is 10.4 Å². The van der Waals surface area contributed by atoms with Gasteiger partial charge in [-0.15, -0.1) is 0 Å². The van der Waals surface area contributed by atoms with Gasteiger partial charge >= 0.3 is 5.97 Å². The van der Waals surface area contributed by atoms with Crippen molar-refractivity contribution < 1.29 is 14.3 Å². The topological polar surface area (TPSA) is 49.3 Å². The van der Waals surface area contributed by atoms with E-state index in [2.05, 4.69) is 5.32 Å². The molecule has 2 aromatic rings. The summed E-state index contributed by atoms with van der Waals surface area (Å²) in [5.74, 6) is -1.42. The van der Waals surface area contributed by atoms with Crippen molar-refractivity contribution in [2.24, 2.45) is 0 Å². The van der Waals surface area contributed by atoms with E-state index in [1.807, 2.05) is 18.2 Å². The fraction of sp³-hybridized carbons (Fsp3) is 0.133. The molecule has 98 valence electrons. The molecule has 0 aliphatic heterocycles. The zero-order valence-electron chi connectivity index (χ0n) is 10.4. The summed E-state index contributed by atoms with van der Waals surface area (Å²) in [5.41, 5.74) is -0.128. The van der Waals surface area contributed by atoms with Gasteiger partial charge in [0, 0.05) is 5.69 Å². The second kappa shape index (κ2) is 5.10. The summed E-state index contributed by atoms with van der Waals surface area (Å²) in [4.78, 5) is 11.6. The molecule has 1 unspecified atom stereocenters. The molecular formula is C15H14FNO2. The highest BCUT2D eigenvalue weighted by atomic mass is 19.1. The van der Waals surface area contributed by atoms with Gasteiger partial charge in [-0.3, -0.25) is 0 Å². The summed E-state index contributed by atoms with van der Waals surface area (Å²) in [6.45, 7) is 1.55. The molecule has 2 N–H and O–H groups in total. The van der Waals surface area contributed by atoms with E-state index in [0.717, 1.165) is 0 Å². The number of benzene rings is 2. The number of carboxylic acid groups (broad SMARTS) is 1. The Bertz CT molecular complexity index is 568. The van der Waals surface area contributed by atoms with Gasteiger partial charge in [0.15, 0.2) is 5.54 Å². The van der Waals surface area contributed by atoms with Crippen LogP contribution in [-0.4, -0.2) is 11.1 Å². The zero-order chi connectivity index (χ0) is 13.9. The Morgan fingerprint density at radius 2 is 1.68 bits per heavy atom. The molecule has 0 heterocycles. The lowest BCUT2D eigenvalue weighted by Gasteiger charge is -2.28. The van der Waals surface area contributed by atoms with Crippen LogP contribution in [0.1, 0.15) is 12.5 Å². The van der Waals surface area contributed by atoms with Crippen LogP contribution in [0.15, 0.2) is 54.6 Å². The van der Waals surface area contributed by atoms with E-state index in [1.165, 1.54) is 24.3 Å². The van der Waals surface area contributed by atoms with E-state index in [1.54, 1.807) is 19.1 Å². The van der Waals surface area contributed by atoms with Crippen LogP contribution in [0, 0.1) is 5.82 Å². The van der Waals surface area contributed by atoms with E-state index < -0.39 is 17.3 Å². The number of rotatable bonds is 4. The molecule has 19 heavy (non-hydrogen) atoms. The van der Waals surface area contributed by atoms with E-state index in [4.69, 9.17) is 0 Å². The number of para-hydroxylation sites is 1. The smallest absolute Gasteiger partial charge is 0.333 e. The van der Waals surface area contributed by atoms with Crippen LogP contribution < -0.4 is 5.32 Å². The Balaban J connectivity index is 2.38. The molecule has 0 amide bonds. The molecule has 0 aromatic heterocycles. The molecule has 0 aliphatic carbocycles. The minimum atomic E-state index is -1.31. The highest BCUT2D eigenvalue weighted by Gasteiger charge is 2.35. The van der Waals surface area contributed by atoms with Crippen LogP contribution in [0.25, 0.3) is 0 Å². The van der Waals surface area contributed by atoms with Gasteiger partial charge in [0.25, 0.3) is 0 Å². The van der Waals surface area contributed by atoms with Crippen molar-refractivity contribution in [2.45, 2.75) is 12.5 Å². The first-order valence-electron chi connectivity index (χ1n) is 5.85. The average Bonchev–Trinajstić information content (AvgIpc) is 2.40. The van der Waals surface area contributed by atoms with Gasteiger partial charge in [0.05, 0.1) is 0 Å². The van der Waals surface area contributed by atoms with Crippen LogP contribution in [0.3, 0.4) is 0 Å². The number of anilines is 1. The normalized spacial score (nSPS) is 13.6. The standard InChI is InChI=1S/C15H14FNO2/c1-15(14(18)19,11-7-9-12(16)10-8-11)17-13-5-3-2-4-6-13/h2-10,17H,1H3,(H,18,19). The molecule has 2 rings (SSSR count). The van der Waals surface area contributed by atoms with Gasteiger partial charge in [-0.1, -0.05) is 30.3 Å². The van der Waals surface area contributed by atoms with Crippen LogP contribution >= 0.6 is 0 Å². The SMILES string of the molecule is CC(Nc1ccccc1)(C(=O)O)c1ccc(F)cc1. The average molecular weight is 259 g/mol. The Morgan fingerprint density at radius 3 is 2.21 bits per heavy atom. The number of halogens is 1. The van der Waals surface area contributed by atoms with Gasteiger partial charge in [0.2, 0.25) is 0 Å². The van der Waals surface area contributed by atoms with E-state index in [-0.39, 0.29) is 0 Å². The predicted octanol–water partition coefficient (Wildman–Crippen LogP) is 3.24. The molecule has 0 fully saturated rings. The number of nitrogens with one attached hydrogen (secondary N) is 1. The summed E-state index contributed by atoms with van der Waals surface area (Å²) in [6.07, 6.45) is 0. The Morgan fingerprint density at radius 1 is 1.11 bits per heavy atom. The molecule has 0 radical (unpaired) electrons. The van der Waals surface area contributed by atoms with Gasteiger partial charge in [0.1, 0.15) is 5.82 Å². The summed E-state index contributed by atoms with van der Waals surface area (Å²) >= 11 is 0. The molecule has 1 atom stereocenters. The van der Waals surface area contributed by atoms with Crippen LogP contribution in [0.5, 0.6) is 0 Å². The number of carbonyl (C=O) groups is 1. The first kappa shape index (κ1) is 13.1. The third kappa shape index (κ3) is 2.73. The van der Waals surface area contributed by atoms with Crippen LogP contribution in [0.2, 0.25) is 0 Å². The third-order valence-corrected chi connectivity index (χ3v) is 3.02. The maximum atomic E-state index is 12.9. The molecule has 0 saturated carbocycles. The number of hydrogen-bond acceptors (Lipinski definition) is 2. The summed E-state index contributed by atoms with van der Waals surface area (Å²) < 4.78 is 12.9. The second-order valence-corrected chi connectivity index (χ2v) is 4.43. The first-order valence-corrected chi connectivity index (χ1v) is 5.85. The van der Waals surface area contributed by atoms with Gasteiger partial charge in [-0.2, -0.15) is 0 Å².